The van der Waals surface area contributed by atoms with Gasteiger partial charge in [0.1, 0.15) is 5.82 Å². The Kier molecular flexibility index (Phi) is 5.51. The van der Waals surface area contributed by atoms with Crippen LogP contribution in [0.15, 0.2) is 53.3 Å². The molecule has 0 aliphatic rings. The van der Waals surface area contributed by atoms with Gasteiger partial charge in [-0.2, -0.15) is 0 Å². The van der Waals surface area contributed by atoms with Crippen LogP contribution in [0.25, 0.3) is 11.0 Å². The van der Waals surface area contributed by atoms with Crippen LogP contribution >= 0.6 is 0 Å². The van der Waals surface area contributed by atoms with E-state index < -0.39 is 0 Å². The topological polar surface area (TPSA) is 56.0 Å². The van der Waals surface area contributed by atoms with Crippen LogP contribution in [0.4, 0.5) is 4.39 Å². The summed E-state index contributed by atoms with van der Waals surface area (Å²) >= 11 is 0. The van der Waals surface area contributed by atoms with E-state index in [-0.39, 0.29) is 30.4 Å². The van der Waals surface area contributed by atoms with Gasteiger partial charge in [0.25, 0.3) is 0 Å². The molecule has 26 heavy (non-hydrogen) atoms. The summed E-state index contributed by atoms with van der Waals surface area (Å²) in [5.41, 5.74) is 2.05. The lowest BCUT2D eigenvalue weighted by molar-refractivity contribution is -0.121. The first-order valence-corrected chi connectivity index (χ1v) is 8.80. The van der Waals surface area contributed by atoms with Crippen molar-refractivity contribution in [2.24, 2.45) is 0 Å². The van der Waals surface area contributed by atoms with E-state index in [1.165, 1.54) is 6.07 Å². The van der Waals surface area contributed by atoms with Crippen molar-refractivity contribution < 1.29 is 9.18 Å². The van der Waals surface area contributed by atoms with Crippen molar-refractivity contribution in [2.45, 2.75) is 39.4 Å². The summed E-state index contributed by atoms with van der Waals surface area (Å²) in [6.45, 7) is 3.09. The van der Waals surface area contributed by atoms with Crippen LogP contribution in [0, 0.1) is 5.82 Å². The Bertz CT molecular complexity index is 975. The third kappa shape index (κ3) is 3.69. The number of imidazole rings is 1. The van der Waals surface area contributed by atoms with Crippen molar-refractivity contribution in [3.05, 3.63) is 70.4 Å². The molecule has 0 spiro atoms. The largest absolute Gasteiger partial charge is 0.352 e. The molecule has 1 heterocycles. The van der Waals surface area contributed by atoms with Crippen LogP contribution in [0.2, 0.25) is 0 Å². The van der Waals surface area contributed by atoms with Crippen LogP contribution in [-0.2, 0) is 24.4 Å². The SMILES string of the molecule is CCCn1c(=O)n(CCC(=O)NCc2ccccc2F)c2ccccc21. The lowest BCUT2D eigenvalue weighted by Crippen LogP contribution is -2.28. The lowest BCUT2D eigenvalue weighted by atomic mass is 10.2. The average molecular weight is 355 g/mol. The first-order chi connectivity index (χ1) is 12.6. The monoisotopic (exact) mass is 355 g/mol. The van der Waals surface area contributed by atoms with Crippen LogP contribution < -0.4 is 11.0 Å². The number of rotatable bonds is 7. The fourth-order valence-corrected chi connectivity index (χ4v) is 3.07. The molecule has 1 aromatic heterocycles. The molecule has 0 unspecified atom stereocenters. The van der Waals surface area contributed by atoms with Gasteiger partial charge in [-0.1, -0.05) is 37.3 Å². The first-order valence-electron chi connectivity index (χ1n) is 8.80. The molecule has 0 atom stereocenters. The van der Waals surface area contributed by atoms with Gasteiger partial charge >= 0.3 is 5.69 Å². The van der Waals surface area contributed by atoms with Crippen LogP contribution in [0.1, 0.15) is 25.3 Å². The van der Waals surface area contributed by atoms with Crippen molar-refractivity contribution in [3.8, 4) is 0 Å². The van der Waals surface area contributed by atoms with Gasteiger partial charge in [-0.15, -0.1) is 0 Å². The zero-order valence-electron chi connectivity index (χ0n) is 14.7. The van der Waals surface area contributed by atoms with Crippen molar-refractivity contribution >= 4 is 16.9 Å². The smallest absolute Gasteiger partial charge is 0.329 e. The molecule has 5 nitrogen and oxygen atoms in total. The summed E-state index contributed by atoms with van der Waals surface area (Å²) in [5, 5.41) is 2.71. The highest BCUT2D eigenvalue weighted by molar-refractivity contribution is 5.78. The molecule has 0 aliphatic heterocycles. The number of aryl methyl sites for hydroxylation is 2. The maximum absolute atomic E-state index is 13.6. The molecular weight excluding hydrogens is 333 g/mol. The van der Waals surface area contributed by atoms with Gasteiger partial charge in [0.05, 0.1) is 11.0 Å². The average Bonchev–Trinajstić information content (AvgIpc) is 2.91. The van der Waals surface area contributed by atoms with Crippen LogP contribution in [-0.4, -0.2) is 15.0 Å². The van der Waals surface area contributed by atoms with Crippen molar-refractivity contribution in [1.29, 1.82) is 0 Å². The number of hydrogen-bond donors (Lipinski definition) is 1. The van der Waals surface area contributed by atoms with Crippen molar-refractivity contribution in [2.75, 3.05) is 0 Å². The molecule has 1 N–H and O–H groups in total. The van der Waals surface area contributed by atoms with Crippen LogP contribution in [0.3, 0.4) is 0 Å². The van der Waals surface area contributed by atoms with E-state index in [2.05, 4.69) is 5.32 Å². The molecule has 0 saturated heterocycles. The van der Waals surface area contributed by atoms with Gasteiger partial charge in [0.15, 0.2) is 0 Å². The molecule has 0 fully saturated rings. The van der Waals surface area contributed by atoms with E-state index in [0.717, 1.165) is 17.5 Å². The fourth-order valence-electron chi connectivity index (χ4n) is 3.07. The first kappa shape index (κ1) is 17.9. The van der Waals surface area contributed by atoms with Crippen molar-refractivity contribution in [1.82, 2.24) is 14.5 Å². The van der Waals surface area contributed by atoms with Gasteiger partial charge < -0.3 is 5.32 Å². The molecule has 2 aromatic carbocycles. The zero-order chi connectivity index (χ0) is 18.5. The Labute approximate surface area is 151 Å². The van der Waals surface area contributed by atoms with E-state index in [1.54, 1.807) is 27.3 Å². The normalized spacial score (nSPS) is 11.0. The molecule has 0 radical (unpaired) electrons. The predicted molar refractivity (Wildman–Crippen MR) is 99.4 cm³/mol. The third-order valence-corrected chi connectivity index (χ3v) is 4.37. The summed E-state index contributed by atoms with van der Waals surface area (Å²) in [5.74, 6) is -0.556. The second-order valence-corrected chi connectivity index (χ2v) is 6.19. The number of amides is 1. The summed E-state index contributed by atoms with van der Waals surface area (Å²) in [6.07, 6.45) is 1.02. The molecule has 3 rings (SSSR count). The standard InChI is InChI=1S/C20H22FN3O2/c1-2-12-23-17-9-5-6-10-18(17)24(20(23)26)13-11-19(25)22-14-15-7-3-4-8-16(15)21/h3-10H,2,11-14H2,1H3,(H,22,25). The summed E-state index contributed by atoms with van der Waals surface area (Å²) in [4.78, 5) is 24.8. The Morgan fingerprint density at radius 2 is 1.62 bits per heavy atom. The number of aromatic nitrogens is 2. The van der Waals surface area contributed by atoms with E-state index in [4.69, 9.17) is 0 Å². The summed E-state index contributed by atoms with van der Waals surface area (Å²) in [7, 11) is 0. The Morgan fingerprint density at radius 1 is 1.00 bits per heavy atom. The van der Waals surface area contributed by atoms with E-state index in [9.17, 15) is 14.0 Å². The molecular formula is C20H22FN3O2. The number of halogens is 1. The van der Waals surface area contributed by atoms with Gasteiger partial charge in [-0.05, 0) is 24.6 Å². The van der Waals surface area contributed by atoms with E-state index in [1.807, 2.05) is 31.2 Å². The minimum absolute atomic E-state index is 0.102. The quantitative estimate of drug-likeness (QED) is 0.708. The number of carbonyl (C=O) groups is 1. The Hall–Kier alpha value is -2.89. The van der Waals surface area contributed by atoms with E-state index in [0.29, 0.717) is 18.7 Å². The number of benzene rings is 2. The fraction of sp³-hybridized carbons (Fsp3) is 0.300. The molecule has 3 aromatic rings. The van der Waals surface area contributed by atoms with E-state index >= 15 is 0 Å². The molecule has 0 saturated carbocycles. The molecule has 1 amide bonds. The third-order valence-electron chi connectivity index (χ3n) is 4.37. The number of para-hydroxylation sites is 2. The predicted octanol–water partition coefficient (Wildman–Crippen LogP) is 3.06. The number of hydrogen-bond acceptors (Lipinski definition) is 2. The molecule has 0 bridgehead atoms. The summed E-state index contributed by atoms with van der Waals surface area (Å²) < 4.78 is 17.0. The van der Waals surface area contributed by atoms with Gasteiger partial charge in [0, 0.05) is 31.6 Å². The number of nitrogens with one attached hydrogen (secondary N) is 1. The van der Waals surface area contributed by atoms with Gasteiger partial charge in [-0.3, -0.25) is 13.9 Å². The number of fused-ring (bicyclic) bond motifs is 1. The Balaban J connectivity index is 1.70. The molecule has 136 valence electrons. The summed E-state index contributed by atoms with van der Waals surface area (Å²) in [6, 6.07) is 13.9. The number of carbonyl (C=O) groups excluding carboxylic acids is 1. The highest BCUT2D eigenvalue weighted by Crippen LogP contribution is 2.13. The Morgan fingerprint density at radius 3 is 2.27 bits per heavy atom. The second kappa shape index (κ2) is 7.99. The lowest BCUT2D eigenvalue weighted by Gasteiger charge is -2.07. The van der Waals surface area contributed by atoms with Crippen LogP contribution in [0.5, 0.6) is 0 Å². The highest BCUT2D eigenvalue weighted by Gasteiger charge is 2.13. The number of nitrogens with zero attached hydrogens (tertiary/aromatic N) is 2. The second-order valence-electron chi connectivity index (χ2n) is 6.19. The maximum Gasteiger partial charge on any atom is 0.329 e. The molecule has 0 aliphatic carbocycles. The zero-order valence-corrected chi connectivity index (χ0v) is 14.7. The maximum atomic E-state index is 13.6. The van der Waals surface area contributed by atoms with Gasteiger partial charge in [0.2, 0.25) is 5.91 Å². The van der Waals surface area contributed by atoms with Gasteiger partial charge in [-0.25, -0.2) is 9.18 Å². The van der Waals surface area contributed by atoms with Crippen molar-refractivity contribution in [3.63, 3.8) is 0 Å². The highest BCUT2D eigenvalue weighted by atomic mass is 19.1. The molecule has 6 heteroatoms. The minimum atomic E-state index is -0.341. The minimum Gasteiger partial charge on any atom is -0.352 e.